The van der Waals surface area contributed by atoms with Crippen LogP contribution in [0.3, 0.4) is 0 Å². The number of carbonyl (C=O) groups is 5. The van der Waals surface area contributed by atoms with Crippen molar-refractivity contribution in [1.82, 2.24) is 31.2 Å². The standard InChI is InChI=1S/C38H62N8O7S2/c1-5-26(4)34(35(40)50)44-36(51)30(21-25(2)3)43-37(52)38(13-17-53-18-14-38)45-33(49)12-20-55-24-29-8-6-7-28(41-29)23-54-19-11-32(48)42-27-9-15-46(16-10-27)22-31(39)47/h6-8,25-27,30,34H,5,9-24H2,1-4H3,(H2,39,47)(H2,40,50)(H,42,48)(H,43,52)(H,44,51)(H,45,49)/p-1/t26-,30-,34-/m0/s1. The molecule has 2 fully saturated rings. The van der Waals surface area contributed by atoms with Crippen LogP contribution in [0, 0.1) is 17.2 Å². The number of likely N-dealkylation sites (tertiary alicyclic amines) is 1. The number of aromatic nitrogens is 1. The second-order valence-corrected chi connectivity index (χ2v) is 17.2. The van der Waals surface area contributed by atoms with Crippen molar-refractivity contribution in [3.05, 3.63) is 29.6 Å². The number of piperidine rings is 1. The number of pyridine rings is 1. The minimum absolute atomic E-state index is 0.0271. The maximum absolute atomic E-state index is 13.8. The minimum atomic E-state index is -1.24. The summed E-state index contributed by atoms with van der Waals surface area (Å²) >= 11 is 3.22. The van der Waals surface area contributed by atoms with Crippen molar-refractivity contribution in [2.45, 2.75) is 114 Å². The van der Waals surface area contributed by atoms with E-state index in [2.05, 4.69) is 21.3 Å². The van der Waals surface area contributed by atoms with Crippen molar-refractivity contribution in [3.63, 3.8) is 0 Å². The zero-order chi connectivity index (χ0) is 40.4. The van der Waals surface area contributed by atoms with Gasteiger partial charge in [-0.3, -0.25) is 33.9 Å². The monoisotopic (exact) mass is 805 g/mol. The van der Waals surface area contributed by atoms with Crippen LogP contribution in [-0.2, 0) is 40.2 Å². The fourth-order valence-corrected chi connectivity index (χ4v) is 8.23. The maximum Gasteiger partial charge on any atom is 0.246 e. The molecule has 0 aromatic carbocycles. The van der Waals surface area contributed by atoms with E-state index in [4.69, 9.17) is 20.9 Å². The van der Waals surface area contributed by atoms with Gasteiger partial charge in [-0.2, -0.15) is 23.5 Å². The molecule has 3 atom stereocenters. The molecule has 7 N–H and O–H groups in total. The Kier molecular flexibility index (Phi) is 19.7. The molecular formula is C38H61N8O7S2-. The molecule has 2 aliphatic heterocycles. The van der Waals surface area contributed by atoms with Gasteiger partial charge in [0.25, 0.3) is 0 Å². The Morgan fingerprint density at radius 2 is 1.60 bits per heavy atom. The lowest BCUT2D eigenvalue weighted by molar-refractivity contribution is -0.224. The van der Waals surface area contributed by atoms with Gasteiger partial charge in [-0.05, 0) is 49.1 Å². The van der Waals surface area contributed by atoms with Gasteiger partial charge in [0, 0.05) is 81.0 Å². The molecule has 0 aliphatic carbocycles. The Hall–Kier alpha value is -3.41. The number of hydrogen-bond acceptors (Lipinski definition) is 12. The largest absolute Gasteiger partial charge is 0.861 e. The molecule has 0 saturated carbocycles. The van der Waals surface area contributed by atoms with E-state index in [0.717, 1.165) is 37.3 Å². The lowest BCUT2D eigenvalue weighted by Gasteiger charge is -2.38. The molecule has 2 aliphatic rings. The SMILES string of the molecule is CC[C@H](C)[C@H](NC(=O)[C@H](CC(C)C)NC(=O)C1(NC(=O)CCSCc2cccc(CSCCC(=O)NC3CCN(CC(N)=O)CC3)n2)CCOCC1)C(=N)[O-]. The molecule has 0 radical (unpaired) electrons. The summed E-state index contributed by atoms with van der Waals surface area (Å²) < 4.78 is 5.52. The van der Waals surface area contributed by atoms with Gasteiger partial charge >= 0.3 is 0 Å². The van der Waals surface area contributed by atoms with E-state index in [0.29, 0.717) is 42.3 Å². The first-order valence-electron chi connectivity index (χ1n) is 19.4. The highest BCUT2D eigenvalue weighted by Gasteiger charge is 2.43. The summed E-state index contributed by atoms with van der Waals surface area (Å²) in [5.74, 6) is -0.180. The van der Waals surface area contributed by atoms with Crippen LogP contribution in [0.1, 0.15) is 90.4 Å². The summed E-state index contributed by atoms with van der Waals surface area (Å²) in [6, 6.07) is 4.07. The Labute approximate surface area is 334 Å². The lowest BCUT2D eigenvalue weighted by Crippen LogP contribution is -2.64. The van der Waals surface area contributed by atoms with E-state index in [-0.39, 0.29) is 74.6 Å². The molecule has 2 saturated heterocycles. The topological polar surface area (TPSA) is 232 Å². The van der Waals surface area contributed by atoms with Gasteiger partial charge in [0.15, 0.2) is 0 Å². The minimum Gasteiger partial charge on any atom is -0.861 e. The second-order valence-electron chi connectivity index (χ2n) is 14.9. The number of primary amides is 1. The molecule has 308 valence electrons. The van der Waals surface area contributed by atoms with Crippen molar-refractivity contribution < 1.29 is 33.8 Å². The van der Waals surface area contributed by atoms with E-state index >= 15 is 0 Å². The van der Waals surface area contributed by atoms with Crippen LogP contribution < -0.4 is 32.1 Å². The summed E-state index contributed by atoms with van der Waals surface area (Å²) in [4.78, 5) is 70.7. The highest BCUT2D eigenvalue weighted by Crippen LogP contribution is 2.23. The first kappa shape index (κ1) is 46.0. The van der Waals surface area contributed by atoms with Gasteiger partial charge in [0.05, 0.1) is 24.0 Å². The fraction of sp³-hybridized carbons (Fsp3) is 0.711. The fourth-order valence-electron chi connectivity index (χ4n) is 6.54. The van der Waals surface area contributed by atoms with Crippen LogP contribution in [-0.4, -0.2) is 113 Å². The van der Waals surface area contributed by atoms with Crippen LogP contribution >= 0.6 is 23.5 Å². The van der Waals surface area contributed by atoms with Crippen LogP contribution in [0.4, 0.5) is 0 Å². The van der Waals surface area contributed by atoms with Gasteiger partial charge < -0.3 is 42.3 Å². The third-order valence-electron chi connectivity index (χ3n) is 9.93. The number of nitrogens with two attached hydrogens (primary N) is 1. The number of ether oxygens (including phenoxy) is 1. The van der Waals surface area contributed by atoms with Gasteiger partial charge in [-0.1, -0.05) is 40.2 Å². The predicted molar refractivity (Wildman–Crippen MR) is 214 cm³/mol. The van der Waals surface area contributed by atoms with E-state index in [1.54, 1.807) is 30.4 Å². The summed E-state index contributed by atoms with van der Waals surface area (Å²) in [5.41, 5.74) is 5.84. The van der Waals surface area contributed by atoms with Crippen LogP contribution in [0.5, 0.6) is 0 Å². The highest BCUT2D eigenvalue weighted by atomic mass is 32.2. The van der Waals surface area contributed by atoms with E-state index < -0.39 is 35.3 Å². The number of rotatable bonds is 23. The summed E-state index contributed by atoms with van der Waals surface area (Å²) in [6.45, 7) is 9.82. The number of carbonyl (C=O) groups excluding carboxylic acids is 5. The summed E-state index contributed by atoms with van der Waals surface area (Å²) in [7, 11) is 0. The number of hydrogen-bond donors (Lipinski definition) is 6. The van der Waals surface area contributed by atoms with Crippen molar-refractivity contribution in [3.8, 4) is 0 Å². The van der Waals surface area contributed by atoms with E-state index in [9.17, 15) is 29.1 Å². The molecule has 1 aromatic rings. The Morgan fingerprint density at radius 1 is 1.00 bits per heavy atom. The molecule has 3 rings (SSSR count). The molecule has 0 unspecified atom stereocenters. The number of nitrogens with zero attached hydrogens (tertiary/aromatic N) is 2. The third kappa shape index (κ3) is 16.3. The predicted octanol–water partition coefficient (Wildman–Crippen LogP) is 1.46. The smallest absolute Gasteiger partial charge is 0.246 e. The lowest BCUT2D eigenvalue weighted by atomic mass is 9.87. The Morgan fingerprint density at radius 3 is 2.15 bits per heavy atom. The van der Waals surface area contributed by atoms with Crippen LogP contribution in [0.15, 0.2) is 18.2 Å². The molecule has 17 heteroatoms. The van der Waals surface area contributed by atoms with Crippen molar-refractivity contribution in [2.75, 3.05) is 44.4 Å². The van der Waals surface area contributed by atoms with Crippen molar-refractivity contribution in [1.29, 1.82) is 5.41 Å². The van der Waals surface area contributed by atoms with Crippen molar-refractivity contribution >= 4 is 59.0 Å². The van der Waals surface area contributed by atoms with Gasteiger partial charge in [0.2, 0.25) is 29.5 Å². The average molecular weight is 806 g/mol. The van der Waals surface area contributed by atoms with Crippen LogP contribution in [0.2, 0.25) is 0 Å². The number of thioether (sulfide) groups is 2. The Bertz CT molecular complexity index is 1440. The molecule has 55 heavy (non-hydrogen) atoms. The maximum atomic E-state index is 13.8. The molecule has 3 heterocycles. The Balaban J connectivity index is 1.43. The molecular weight excluding hydrogens is 745 g/mol. The summed E-state index contributed by atoms with van der Waals surface area (Å²) in [5, 5.41) is 31.2. The zero-order valence-electron chi connectivity index (χ0n) is 32.8. The second kappa shape index (κ2) is 23.6. The number of amides is 5. The normalized spacial score (nSPS) is 17.8. The average Bonchev–Trinajstić information content (AvgIpc) is 3.14. The molecule has 15 nitrogen and oxygen atoms in total. The van der Waals surface area contributed by atoms with Gasteiger partial charge in [-0.25, -0.2) is 0 Å². The molecule has 0 bridgehead atoms. The van der Waals surface area contributed by atoms with Crippen LogP contribution in [0.25, 0.3) is 0 Å². The molecule has 0 spiro atoms. The molecule has 1 aromatic heterocycles. The van der Waals surface area contributed by atoms with Gasteiger partial charge in [0.1, 0.15) is 11.6 Å². The van der Waals surface area contributed by atoms with Crippen molar-refractivity contribution in [2.24, 2.45) is 17.6 Å². The number of nitrogens with one attached hydrogen (secondary N) is 5. The quantitative estimate of drug-likeness (QED) is 0.0527. The first-order chi connectivity index (χ1) is 26.2. The van der Waals surface area contributed by atoms with E-state index in [1.165, 1.54) is 0 Å². The van der Waals surface area contributed by atoms with Gasteiger partial charge in [-0.15, -0.1) is 0 Å². The first-order valence-corrected chi connectivity index (χ1v) is 21.7. The molecule has 5 amide bonds. The zero-order valence-corrected chi connectivity index (χ0v) is 34.4. The van der Waals surface area contributed by atoms with E-state index in [1.807, 2.05) is 43.9 Å². The summed E-state index contributed by atoms with van der Waals surface area (Å²) in [6.07, 6.45) is 3.64. The highest BCUT2D eigenvalue weighted by molar-refractivity contribution is 7.98. The third-order valence-corrected chi connectivity index (χ3v) is 11.9.